The number of benzene rings is 1. The first-order valence-electron chi connectivity index (χ1n) is 9.24. The highest BCUT2D eigenvalue weighted by Crippen LogP contribution is 2.34. The molecule has 2 fully saturated rings. The van der Waals surface area contributed by atoms with Crippen molar-refractivity contribution in [2.24, 2.45) is 5.92 Å². The minimum atomic E-state index is 0.340. The molecule has 1 amide bonds. The molecular formula is C21H25N3O. The molecule has 1 aliphatic heterocycles. The minimum Gasteiger partial charge on any atom is -0.366 e. The van der Waals surface area contributed by atoms with Crippen LogP contribution in [-0.4, -0.2) is 42.0 Å². The molecule has 0 unspecified atom stereocenters. The third-order valence-electron chi connectivity index (χ3n) is 5.30. The zero-order chi connectivity index (χ0) is 17.2. The maximum absolute atomic E-state index is 12.3. The highest BCUT2D eigenvalue weighted by atomic mass is 16.2. The summed E-state index contributed by atoms with van der Waals surface area (Å²) >= 11 is 0. The van der Waals surface area contributed by atoms with Gasteiger partial charge in [0.25, 0.3) is 0 Å². The summed E-state index contributed by atoms with van der Waals surface area (Å²) in [6.07, 6.45) is 7.04. The number of aryl methyl sites for hydroxylation is 1. The summed E-state index contributed by atoms with van der Waals surface area (Å²) in [4.78, 5) is 21.1. The van der Waals surface area contributed by atoms with Gasteiger partial charge in [0.1, 0.15) is 0 Å². The van der Waals surface area contributed by atoms with Crippen LogP contribution in [0, 0.1) is 12.8 Å². The molecule has 0 spiro atoms. The lowest BCUT2D eigenvalue weighted by molar-refractivity contribution is -0.131. The molecule has 0 N–H and O–H groups in total. The maximum Gasteiger partial charge on any atom is 0.222 e. The molecule has 1 saturated carbocycles. The Hall–Kier alpha value is -2.36. The van der Waals surface area contributed by atoms with Crippen LogP contribution in [0.5, 0.6) is 0 Å². The molecule has 2 aliphatic rings. The highest BCUT2D eigenvalue weighted by molar-refractivity contribution is 5.79. The zero-order valence-electron chi connectivity index (χ0n) is 14.8. The SMILES string of the molecule is Cc1ccc(-c2ccncc2N2CCN(C(=O)CC3CC3)CC2)cc1. The fraction of sp³-hybridized carbons (Fsp3) is 0.429. The predicted molar refractivity (Wildman–Crippen MR) is 101 cm³/mol. The maximum atomic E-state index is 12.3. The third kappa shape index (κ3) is 3.68. The van der Waals surface area contributed by atoms with E-state index in [1.165, 1.54) is 35.2 Å². The van der Waals surface area contributed by atoms with E-state index in [0.717, 1.165) is 32.6 Å². The largest absolute Gasteiger partial charge is 0.366 e. The third-order valence-corrected chi connectivity index (χ3v) is 5.30. The van der Waals surface area contributed by atoms with Crippen LogP contribution in [0.2, 0.25) is 0 Å². The van der Waals surface area contributed by atoms with E-state index in [2.05, 4.69) is 47.1 Å². The fourth-order valence-corrected chi connectivity index (χ4v) is 3.51. The number of hydrogen-bond donors (Lipinski definition) is 0. The van der Waals surface area contributed by atoms with E-state index in [1.807, 2.05) is 17.3 Å². The van der Waals surface area contributed by atoms with Crippen molar-refractivity contribution in [3.8, 4) is 11.1 Å². The minimum absolute atomic E-state index is 0.340. The van der Waals surface area contributed by atoms with E-state index in [9.17, 15) is 4.79 Å². The Balaban J connectivity index is 1.47. The number of nitrogens with zero attached hydrogens (tertiary/aromatic N) is 3. The smallest absolute Gasteiger partial charge is 0.222 e. The summed E-state index contributed by atoms with van der Waals surface area (Å²) in [5.41, 5.74) is 4.87. The van der Waals surface area contributed by atoms with Crippen LogP contribution in [-0.2, 0) is 4.79 Å². The van der Waals surface area contributed by atoms with Gasteiger partial charge in [-0.3, -0.25) is 9.78 Å². The molecule has 130 valence electrons. The lowest BCUT2D eigenvalue weighted by atomic mass is 10.0. The van der Waals surface area contributed by atoms with Gasteiger partial charge in [-0.1, -0.05) is 29.8 Å². The zero-order valence-corrected chi connectivity index (χ0v) is 14.8. The average Bonchev–Trinajstić information content (AvgIpc) is 3.46. The number of amides is 1. The quantitative estimate of drug-likeness (QED) is 0.858. The fourth-order valence-electron chi connectivity index (χ4n) is 3.51. The van der Waals surface area contributed by atoms with Crippen molar-refractivity contribution in [1.29, 1.82) is 0 Å². The second-order valence-corrected chi connectivity index (χ2v) is 7.27. The number of aromatic nitrogens is 1. The van der Waals surface area contributed by atoms with E-state index < -0.39 is 0 Å². The first-order chi connectivity index (χ1) is 12.2. The number of hydrogen-bond acceptors (Lipinski definition) is 3. The van der Waals surface area contributed by atoms with Crippen molar-refractivity contribution >= 4 is 11.6 Å². The van der Waals surface area contributed by atoms with Gasteiger partial charge in [0, 0.05) is 44.4 Å². The normalized spacial score (nSPS) is 17.6. The topological polar surface area (TPSA) is 36.4 Å². The van der Waals surface area contributed by atoms with Crippen LogP contribution in [0.3, 0.4) is 0 Å². The van der Waals surface area contributed by atoms with Gasteiger partial charge < -0.3 is 9.80 Å². The Morgan fingerprint density at radius 1 is 1.08 bits per heavy atom. The average molecular weight is 335 g/mol. The van der Waals surface area contributed by atoms with Crippen molar-refractivity contribution in [2.75, 3.05) is 31.1 Å². The monoisotopic (exact) mass is 335 g/mol. The first-order valence-corrected chi connectivity index (χ1v) is 9.24. The van der Waals surface area contributed by atoms with E-state index >= 15 is 0 Å². The number of piperazine rings is 1. The van der Waals surface area contributed by atoms with Gasteiger partial charge in [0.05, 0.1) is 11.9 Å². The predicted octanol–water partition coefficient (Wildman–Crippen LogP) is 3.51. The highest BCUT2D eigenvalue weighted by Gasteiger charge is 2.29. The first kappa shape index (κ1) is 16.1. The molecule has 0 radical (unpaired) electrons. The van der Waals surface area contributed by atoms with E-state index in [1.54, 1.807) is 0 Å². The summed E-state index contributed by atoms with van der Waals surface area (Å²) in [6, 6.07) is 10.7. The summed E-state index contributed by atoms with van der Waals surface area (Å²) in [5, 5.41) is 0. The van der Waals surface area contributed by atoms with Crippen LogP contribution < -0.4 is 4.90 Å². The van der Waals surface area contributed by atoms with Gasteiger partial charge >= 0.3 is 0 Å². The van der Waals surface area contributed by atoms with Gasteiger partial charge in [-0.2, -0.15) is 0 Å². The Morgan fingerprint density at radius 3 is 2.48 bits per heavy atom. The van der Waals surface area contributed by atoms with Crippen molar-refractivity contribution in [2.45, 2.75) is 26.2 Å². The summed E-state index contributed by atoms with van der Waals surface area (Å²) in [6.45, 7) is 5.48. The van der Waals surface area contributed by atoms with Crippen LogP contribution in [0.15, 0.2) is 42.7 Å². The van der Waals surface area contributed by atoms with Crippen LogP contribution >= 0.6 is 0 Å². The molecule has 2 aromatic rings. The Kier molecular flexibility index (Phi) is 4.43. The van der Waals surface area contributed by atoms with Crippen molar-refractivity contribution in [3.63, 3.8) is 0 Å². The molecule has 0 atom stereocenters. The molecular weight excluding hydrogens is 310 g/mol. The second-order valence-electron chi connectivity index (χ2n) is 7.27. The van der Waals surface area contributed by atoms with Gasteiger partial charge in [-0.15, -0.1) is 0 Å². The van der Waals surface area contributed by atoms with Crippen LogP contribution in [0.4, 0.5) is 5.69 Å². The lowest BCUT2D eigenvalue weighted by Crippen LogP contribution is -2.49. The summed E-state index contributed by atoms with van der Waals surface area (Å²) in [5.74, 6) is 1.00. The molecule has 4 heteroatoms. The Bertz CT molecular complexity index is 744. The molecule has 1 saturated heterocycles. The summed E-state index contributed by atoms with van der Waals surface area (Å²) < 4.78 is 0. The van der Waals surface area contributed by atoms with E-state index in [-0.39, 0.29) is 0 Å². The molecule has 1 aromatic carbocycles. The Labute approximate surface area is 149 Å². The van der Waals surface area contributed by atoms with Crippen LogP contribution in [0.25, 0.3) is 11.1 Å². The van der Waals surface area contributed by atoms with Crippen molar-refractivity contribution in [1.82, 2.24) is 9.88 Å². The standard InChI is InChI=1S/C21H25N3O/c1-16-2-6-18(7-3-16)19-8-9-22-15-20(19)23-10-12-24(13-11-23)21(25)14-17-4-5-17/h2-3,6-9,15,17H,4-5,10-14H2,1H3. The molecule has 25 heavy (non-hydrogen) atoms. The second kappa shape index (κ2) is 6.87. The molecule has 1 aromatic heterocycles. The molecule has 1 aliphatic carbocycles. The number of rotatable bonds is 4. The van der Waals surface area contributed by atoms with E-state index in [0.29, 0.717) is 11.8 Å². The van der Waals surface area contributed by atoms with Crippen LogP contribution in [0.1, 0.15) is 24.8 Å². The molecule has 2 heterocycles. The molecule has 0 bridgehead atoms. The molecule has 4 nitrogen and oxygen atoms in total. The lowest BCUT2D eigenvalue weighted by Gasteiger charge is -2.37. The summed E-state index contributed by atoms with van der Waals surface area (Å²) in [7, 11) is 0. The van der Waals surface area contributed by atoms with Gasteiger partial charge in [-0.25, -0.2) is 0 Å². The van der Waals surface area contributed by atoms with Crippen molar-refractivity contribution in [3.05, 3.63) is 48.3 Å². The van der Waals surface area contributed by atoms with Gasteiger partial charge in [0.15, 0.2) is 0 Å². The van der Waals surface area contributed by atoms with E-state index in [4.69, 9.17) is 0 Å². The van der Waals surface area contributed by atoms with Gasteiger partial charge in [0.2, 0.25) is 5.91 Å². The number of carbonyl (C=O) groups excluding carboxylic acids is 1. The number of anilines is 1. The van der Waals surface area contributed by atoms with Crippen molar-refractivity contribution < 1.29 is 4.79 Å². The number of pyridine rings is 1. The van der Waals surface area contributed by atoms with Gasteiger partial charge in [-0.05, 0) is 37.3 Å². The Morgan fingerprint density at radius 2 is 1.80 bits per heavy atom. The molecule has 4 rings (SSSR count). The number of carbonyl (C=O) groups is 1.